The van der Waals surface area contributed by atoms with Gasteiger partial charge in [0.05, 0.1) is 12.2 Å². The highest BCUT2D eigenvalue weighted by Gasteiger charge is 2.16. The van der Waals surface area contributed by atoms with Crippen molar-refractivity contribution < 1.29 is 4.42 Å². The molecule has 0 aliphatic heterocycles. The molecular formula is C19H9ClNOS+. The van der Waals surface area contributed by atoms with E-state index in [1.54, 1.807) is 11.3 Å². The van der Waals surface area contributed by atoms with E-state index in [-0.39, 0.29) is 0 Å². The average molecular weight is 335 g/mol. The van der Waals surface area contributed by atoms with E-state index in [1.807, 2.05) is 36.4 Å². The Hall–Kier alpha value is -2.45. The van der Waals surface area contributed by atoms with E-state index in [2.05, 4.69) is 29.3 Å². The van der Waals surface area contributed by atoms with E-state index in [0.29, 0.717) is 5.89 Å². The zero-order valence-electron chi connectivity index (χ0n) is 11.8. The Bertz CT molecular complexity index is 1180. The summed E-state index contributed by atoms with van der Waals surface area (Å²) in [6, 6.07) is 10.1. The molecule has 2 nitrogen and oxygen atoms in total. The van der Waals surface area contributed by atoms with Crippen LogP contribution in [0.1, 0.15) is 5.89 Å². The van der Waals surface area contributed by atoms with Gasteiger partial charge in [0.2, 0.25) is 0 Å². The summed E-state index contributed by atoms with van der Waals surface area (Å²) in [6.45, 7) is 0. The number of rotatable bonds is 1. The number of fused-ring (bicyclic) bond motifs is 4. The topological polar surface area (TPSA) is 26.0 Å². The molecule has 0 amide bonds. The second-order valence-electron chi connectivity index (χ2n) is 5.37. The number of thiophene rings is 1. The van der Waals surface area contributed by atoms with Crippen molar-refractivity contribution in [1.82, 2.24) is 4.98 Å². The van der Waals surface area contributed by atoms with Gasteiger partial charge in [-0.3, -0.25) is 0 Å². The second-order valence-corrected chi connectivity index (χ2v) is 6.89. The van der Waals surface area contributed by atoms with Gasteiger partial charge < -0.3 is 4.42 Å². The summed E-state index contributed by atoms with van der Waals surface area (Å²) in [5.41, 5.74) is 2.62. The molecule has 1 aliphatic rings. The summed E-state index contributed by atoms with van der Waals surface area (Å²) in [7, 11) is 0. The number of halogens is 1. The van der Waals surface area contributed by atoms with Gasteiger partial charge in [-0.1, -0.05) is 11.6 Å². The number of hydrogen-bond acceptors (Lipinski definition) is 3. The first-order valence-corrected chi connectivity index (χ1v) is 8.36. The van der Waals surface area contributed by atoms with Gasteiger partial charge in [0.1, 0.15) is 23.2 Å². The molecule has 2 aromatic carbocycles. The van der Waals surface area contributed by atoms with Gasteiger partial charge in [0.15, 0.2) is 5.58 Å². The fourth-order valence-corrected chi connectivity index (χ4v) is 4.09. The van der Waals surface area contributed by atoms with Crippen LogP contribution >= 0.6 is 22.9 Å². The normalized spacial score (nSPS) is 13.9. The van der Waals surface area contributed by atoms with E-state index in [9.17, 15) is 0 Å². The third-order valence-corrected chi connectivity index (χ3v) is 5.28. The van der Waals surface area contributed by atoms with E-state index >= 15 is 0 Å². The standard InChI is InChI=1S/C19H9ClNOS/c20-12-6-7-17-13(8-12)14-9-15-16(10-18(14)23-17)22-19(21-15)11-4-2-1-3-5-11/h2-10H/q+1. The van der Waals surface area contributed by atoms with Gasteiger partial charge in [0, 0.05) is 37.3 Å². The van der Waals surface area contributed by atoms with Crippen molar-refractivity contribution in [3.05, 3.63) is 71.6 Å². The Kier molecular flexibility index (Phi) is 2.70. The van der Waals surface area contributed by atoms with Crippen LogP contribution in [-0.2, 0) is 0 Å². The lowest BCUT2D eigenvalue weighted by molar-refractivity contribution is 0.586. The summed E-state index contributed by atoms with van der Waals surface area (Å²) in [4.78, 5) is 4.63. The molecule has 0 saturated heterocycles. The van der Waals surface area contributed by atoms with Crippen molar-refractivity contribution in [3.63, 3.8) is 0 Å². The Morgan fingerprint density at radius 2 is 2.00 bits per heavy atom. The van der Waals surface area contributed by atoms with Crippen LogP contribution in [-0.4, -0.2) is 4.98 Å². The van der Waals surface area contributed by atoms with Gasteiger partial charge >= 0.3 is 0 Å². The van der Waals surface area contributed by atoms with Gasteiger partial charge in [-0.05, 0) is 24.3 Å². The summed E-state index contributed by atoms with van der Waals surface area (Å²) in [5.74, 6) is 0.633. The van der Waals surface area contributed by atoms with Crippen molar-refractivity contribution in [1.29, 1.82) is 0 Å². The van der Waals surface area contributed by atoms with Crippen LogP contribution in [0.4, 0.5) is 0 Å². The highest BCUT2D eigenvalue weighted by molar-refractivity contribution is 7.25. The first-order valence-electron chi connectivity index (χ1n) is 7.17. The molecule has 0 saturated carbocycles. The number of aromatic nitrogens is 1. The van der Waals surface area contributed by atoms with Crippen molar-refractivity contribution in [3.8, 4) is 0 Å². The number of oxazole rings is 1. The molecule has 4 heteroatoms. The van der Waals surface area contributed by atoms with Gasteiger partial charge in [-0.15, -0.1) is 11.3 Å². The van der Waals surface area contributed by atoms with Crippen molar-refractivity contribution >= 4 is 59.8 Å². The zero-order valence-corrected chi connectivity index (χ0v) is 13.4. The Morgan fingerprint density at radius 3 is 2.87 bits per heavy atom. The maximum atomic E-state index is 6.15. The van der Waals surface area contributed by atoms with Crippen molar-refractivity contribution in [2.24, 2.45) is 0 Å². The highest BCUT2D eigenvalue weighted by atomic mass is 35.5. The summed E-state index contributed by atoms with van der Waals surface area (Å²) in [5, 5.41) is 3.08. The maximum Gasteiger partial charge on any atom is 0.255 e. The van der Waals surface area contributed by atoms with Crippen LogP contribution in [0.15, 0.2) is 59.1 Å². The molecule has 0 spiro atoms. The molecule has 4 aromatic rings. The summed E-state index contributed by atoms with van der Waals surface area (Å²) >= 11 is 7.88. The van der Waals surface area contributed by atoms with E-state index < -0.39 is 0 Å². The molecule has 2 heterocycles. The minimum atomic E-state index is 0.633. The van der Waals surface area contributed by atoms with Crippen LogP contribution in [0.5, 0.6) is 0 Å². The molecule has 0 atom stereocenters. The summed E-state index contributed by atoms with van der Waals surface area (Å²) < 4.78 is 8.34. The van der Waals surface area contributed by atoms with E-state index in [4.69, 9.17) is 16.0 Å². The van der Waals surface area contributed by atoms with Crippen LogP contribution in [0.3, 0.4) is 0 Å². The van der Waals surface area contributed by atoms with Gasteiger partial charge in [-0.25, -0.2) is 4.98 Å². The van der Waals surface area contributed by atoms with Gasteiger partial charge in [0.25, 0.3) is 5.89 Å². The van der Waals surface area contributed by atoms with Crippen LogP contribution in [0, 0.1) is 6.08 Å². The Labute approximate surface area is 141 Å². The molecule has 23 heavy (non-hydrogen) atoms. The zero-order chi connectivity index (χ0) is 15.4. The van der Waals surface area contributed by atoms with Crippen LogP contribution < -0.4 is 0 Å². The van der Waals surface area contributed by atoms with Gasteiger partial charge in [-0.2, -0.15) is 0 Å². The molecule has 2 aromatic heterocycles. The molecule has 5 rings (SSSR count). The summed E-state index contributed by atoms with van der Waals surface area (Å²) in [6.07, 6.45) is 10.6. The minimum absolute atomic E-state index is 0.633. The third-order valence-electron chi connectivity index (χ3n) is 3.91. The molecule has 1 aliphatic carbocycles. The SMILES string of the molecule is Clc1ccc2sc3cc4oc(C5=CC=[C+]C=C5)nc4cc3c2c1. The largest absolute Gasteiger partial charge is 0.434 e. The van der Waals surface area contributed by atoms with E-state index in [0.717, 1.165) is 21.7 Å². The number of allylic oxidation sites excluding steroid dienone is 6. The molecule has 0 bridgehead atoms. The van der Waals surface area contributed by atoms with Crippen LogP contribution in [0.25, 0.3) is 36.8 Å². The van der Waals surface area contributed by atoms with Crippen LogP contribution in [0.2, 0.25) is 5.02 Å². The minimum Gasteiger partial charge on any atom is -0.434 e. The molecule has 0 radical (unpaired) electrons. The fraction of sp³-hybridized carbons (Fsp3) is 0. The lowest BCUT2D eigenvalue weighted by Gasteiger charge is -1.92. The van der Waals surface area contributed by atoms with Crippen molar-refractivity contribution in [2.75, 3.05) is 0 Å². The first kappa shape index (κ1) is 13.0. The smallest absolute Gasteiger partial charge is 0.255 e. The monoisotopic (exact) mass is 334 g/mol. The second kappa shape index (κ2) is 4.77. The van der Waals surface area contributed by atoms with Crippen molar-refractivity contribution in [2.45, 2.75) is 0 Å². The maximum absolute atomic E-state index is 6.15. The third kappa shape index (κ3) is 2.02. The molecule has 0 unspecified atom stereocenters. The average Bonchev–Trinajstić information content (AvgIpc) is 3.14. The molecule has 0 fully saturated rings. The Morgan fingerprint density at radius 1 is 1.09 bits per heavy atom. The number of benzene rings is 2. The number of hydrogen-bond donors (Lipinski definition) is 0. The molecular weight excluding hydrogens is 326 g/mol. The predicted molar refractivity (Wildman–Crippen MR) is 96.8 cm³/mol. The number of nitrogens with zero attached hydrogens (tertiary/aromatic N) is 1. The first-order chi connectivity index (χ1) is 11.3. The lowest BCUT2D eigenvalue weighted by atomic mass is 10.1. The lowest BCUT2D eigenvalue weighted by Crippen LogP contribution is -1.81. The van der Waals surface area contributed by atoms with E-state index in [1.165, 1.54) is 20.2 Å². The fourth-order valence-electron chi connectivity index (χ4n) is 2.82. The molecule has 108 valence electrons. The predicted octanol–water partition coefficient (Wildman–Crippen LogP) is 6.16. The highest BCUT2D eigenvalue weighted by Crippen LogP contribution is 2.38. The molecule has 0 N–H and O–H groups in total. The quantitative estimate of drug-likeness (QED) is 0.389. The Balaban J connectivity index is 1.78.